The minimum atomic E-state index is -3.52. The molecule has 1 saturated heterocycles. The molecule has 0 unspecified atom stereocenters. The minimum Gasteiger partial charge on any atom is -0.363 e. The Morgan fingerprint density at radius 1 is 1.21 bits per heavy atom. The molecule has 0 aliphatic carbocycles. The van der Waals surface area contributed by atoms with Crippen molar-refractivity contribution >= 4 is 21.6 Å². The number of nitro groups is 1. The molecule has 0 atom stereocenters. The highest BCUT2D eigenvalue weighted by atomic mass is 32.2. The van der Waals surface area contributed by atoms with Crippen LogP contribution in [0.3, 0.4) is 0 Å². The first-order chi connectivity index (χ1) is 11.3. The molecule has 0 bridgehead atoms. The van der Waals surface area contributed by atoms with Gasteiger partial charge in [0, 0.05) is 39.3 Å². The Morgan fingerprint density at radius 2 is 1.79 bits per heavy atom. The smallest absolute Gasteiger partial charge is 0.295 e. The van der Waals surface area contributed by atoms with Crippen LogP contribution in [0.1, 0.15) is 13.8 Å². The molecule has 0 spiro atoms. The standard InChI is InChI=1S/C14H21FN4O4S/c1-3-17(4-2)24(22,23)18-9-7-16(8-10-18)13-6-5-12(15)11-14(13)19(20)21/h5-6,11H,3-4,7-10H2,1-2H3. The second-order valence-corrected chi connectivity index (χ2v) is 7.30. The van der Waals surface area contributed by atoms with E-state index in [2.05, 4.69) is 0 Å². The maximum atomic E-state index is 13.2. The van der Waals surface area contributed by atoms with E-state index in [-0.39, 0.29) is 18.8 Å². The molecular formula is C14H21FN4O4S. The molecule has 0 amide bonds. The van der Waals surface area contributed by atoms with E-state index in [9.17, 15) is 22.9 Å². The molecule has 8 nitrogen and oxygen atoms in total. The fraction of sp³-hybridized carbons (Fsp3) is 0.571. The molecule has 10 heteroatoms. The number of halogens is 1. The molecule has 1 aromatic carbocycles. The molecule has 1 aliphatic heterocycles. The summed E-state index contributed by atoms with van der Waals surface area (Å²) in [5.41, 5.74) is -0.00339. The van der Waals surface area contributed by atoms with Crippen molar-refractivity contribution in [1.82, 2.24) is 8.61 Å². The highest BCUT2D eigenvalue weighted by molar-refractivity contribution is 7.86. The van der Waals surface area contributed by atoms with Crippen molar-refractivity contribution < 1.29 is 17.7 Å². The van der Waals surface area contributed by atoms with Crippen LogP contribution in [-0.4, -0.2) is 61.2 Å². The van der Waals surface area contributed by atoms with Gasteiger partial charge < -0.3 is 4.90 Å². The van der Waals surface area contributed by atoms with Gasteiger partial charge in [-0.3, -0.25) is 10.1 Å². The molecule has 134 valence electrons. The Bertz CT molecular complexity index is 701. The lowest BCUT2D eigenvalue weighted by Crippen LogP contribution is -2.53. The van der Waals surface area contributed by atoms with Gasteiger partial charge in [0.15, 0.2) is 0 Å². The second-order valence-electron chi connectivity index (χ2n) is 5.37. The van der Waals surface area contributed by atoms with Crippen molar-refractivity contribution in [3.05, 3.63) is 34.1 Å². The zero-order valence-electron chi connectivity index (χ0n) is 13.7. The minimum absolute atomic E-state index is 0.230. The van der Waals surface area contributed by atoms with Crippen LogP contribution in [0.4, 0.5) is 15.8 Å². The van der Waals surface area contributed by atoms with E-state index >= 15 is 0 Å². The first kappa shape index (κ1) is 18.6. The third kappa shape index (κ3) is 3.65. The SMILES string of the molecule is CCN(CC)S(=O)(=O)N1CCN(c2ccc(F)cc2[N+](=O)[O-])CC1. The van der Waals surface area contributed by atoms with Gasteiger partial charge in [-0.05, 0) is 12.1 Å². The average molecular weight is 360 g/mol. The molecule has 1 aliphatic rings. The molecule has 0 aromatic heterocycles. The molecule has 0 N–H and O–H groups in total. The maximum absolute atomic E-state index is 13.2. The summed E-state index contributed by atoms with van der Waals surface area (Å²) in [6, 6.07) is 3.41. The van der Waals surface area contributed by atoms with Crippen molar-refractivity contribution in [3.8, 4) is 0 Å². The first-order valence-electron chi connectivity index (χ1n) is 7.75. The van der Waals surface area contributed by atoms with E-state index < -0.39 is 20.9 Å². The van der Waals surface area contributed by atoms with Crippen LogP contribution in [0.5, 0.6) is 0 Å². The van der Waals surface area contributed by atoms with Gasteiger partial charge in [-0.1, -0.05) is 13.8 Å². The summed E-state index contributed by atoms with van der Waals surface area (Å²) < 4.78 is 41.0. The van der Waals surface area contributed by atoms with Crippen LogP contribution in [0.15, 0.2) is 18.2 Å². The van der Waals surface area contributed by atoms with Crippen molar-refractivity contribution in [2.45, 2.75) is 13.8 Å². The van der Waals surface area contributed by atoms with E-state index in [4.69, 9.17) is 0 Å². The van der Waals surface area contributed by atoms with Crippen LogP contribution < -0.4 is 4.90 Å². The largest absolute Gasteiger partial charge is 0.363 e. The predicted molar refractivity (Wildman–Crippen MR) is 88.7 cm³/mol. The number of hydrogen-bond acceptors (Lipinski definition) is 5. The number of benzene rings is 1. The third-order valence-corrected chi connectivity index (χ3v) is 6.26. The summed E-state index contributed by atoms with van der Waals surface area (Å²) in [6.45, 7) is 5.42. The molecular weight excluding hydrogens is 339 g/mol. The molecule has 0 saturated carbocycles. The highest BCUT2D eigenvalue weighted by Gasteiger charge is 2.32. The Kier molecular flexibility index (Phi) is 5.73. The van der Waals surface area contributed by atoms with Crippen molar-refractivity contribution in [2.75, 3.05) is 44.2 Å². The zero-order valence-corrected chi connectivity index (χ0v) is 14.5. The molecule has 1 aromatic rings. The molecule has 1 fully saturated rings. The topological polar surface area (TPSA) is 87.0 Å². The van der Waals surface area contributed by atoms with Crippen LogP contribution >= 0.6 is 0 Å². The number of anilines is 1. The monoisotopic (exact) mass is 360 g/mol. The van der Waals surface area contributed by atoms with Gasteiger partial charge in [-0.15, -0.1) is 0 Å². The molecule has 24 heavy (non-hydrogen) atoms. The summed E-state index contributed by atoms with van der Waals surface area (Å²) >= 11 is 0. The van der Waals surface area contributed by atoms with Gasteiger partial charge in [-0.2, -0.15) is 17.0 Å². The van der Waals surface area contributed by atoms with Crippen molar-refractivity contribution in [2.24, 2.45) is 0 Å². The number of rotatable bonds is 6. The Balaban J connectivity index is 2.15. The number of nitrogens with zero attached hydrogens (tertiary/aromatic N) is 4. The first-order valence-corrected chi connectivity index (χ1v) is 9.15. The quantitative estimate of drug-likeness (QED) is 0.566. The average Bonchev–Trinajstić information content (AvgIpc) is 2.55. The normalized spacial score (nSPS) is 16.6. The zero-order chi connectivity index (χ0) is 17.9. The van der Waals surface area contributed by atoms with Crippen LogP contribution in [-0.2, 0) is 10.2 Å². The Hall–Kier alpha value is -1.78. The Labute approximate surface area is 140 Å². The van der Waals surface area contributed by atoms with Crippen LogP contribution in [0.2, 0.25) is 0 Å². The van der Waals surface area contributed by atoms with Crippen molar-refractivity contribution in [1.29, 1.82) is 0 Å². The Morgan fingerprint density at radius 3 is 2.29 bits per heavy atom. The van der Waals surface area contributed by atoms with Gasteiger partial charge in [0.2, 0.25) is 0 Å². The lowest BCUT2D eigenvalue weighted by molar-refractivity contribution is -0.384. The number of nitro benzene ring substituents is 1. The summed E-state index contributed by atoms with van der Waals surface area (Å²) in [7, 11) is -3.52. The van der Waals surface area contributed by atoms with Gasteiger partial charge >= 0.3 is 0 Å². The number of piperazine rings is 1. The molecule has 2 rings (SSSR count). The predicted octanol–water partition coefficient (Wildman–Crippen LogP) is 1.44. The second kappa shape index (κ2) is 7.41. The van der Waals surface area contributed by atoms with E-state index in [1.165, 1.54) is 20.7 Å². The van der Waals surface area contributed by atoms with E-state index in [0.29, 0.717) is 31.9 Å². The fourth-order valence-electron chi connectivity index (χ4n) is 2.78. The highest BCUT2D eigenvalue weighted by Crippen LogP contribution is 2.30. The lowest BCUT2D eigenvalue weighted by atomic mass is 10.2. The summed E-state index contributed by atoms with van der Waals surface area (Å²) in [4.78, 5) is 12.2. The van der Waals surface area contributed by atoms with Gasteiger partial charge in [-0.25, -0.2) is 4.39 Å². The van der Waals surface area contributed by atoms with Crippen LogP contribution in [0, 0.1) is 15.9 Å². The number of hydrogen-bond donors (Lipinski definition) is 0. The third-order valence-electron chi connectivity index (χ3n) is 4.07. The van der Waals surface area contributed by atoms with E-state index in [0.717, 1.165) is 6.07 Å². The maximum Gasteiger partial charge on any atom is 0.295 e. The van der Waals surface area contributed by atoms with E-state index in [1.807, 2.05) is 0 Å². The molecule has 0 radical (unpaired) electrons. The van der Waals surface area contributed by atoms with E-state index in [1.54, 1.807) is 18.7 Å². The van der Waals surface area contributed by atoms with Crippen molar-refractivity contribution in [3.63, 3.8) is 0 Å². The van der Waals surface area contributed by atoms with Gasteiger partial charge in [0.1, 0.15) is 11.5 Å². The van der Waals surface area contributed by atoms with Gasteiger partial charge in [0.05, 0.1) is 11.0 Å². The summed E-state index contributed by atoms with van der Waals surface area (Å²) in [6.07, 6.45) is 0. The van der Waals surface area contributed by atoms with Crippen LogP contribution in [0.25, 0.3) is 0 Å². The molecule has 1 heterocycles. The van der Waals surface area contributed by atoms with Gasteiger partial charge in [0.25, 0.3) is 15.9 Å². The summed E-state index contributed by atoms with van der Waals surface area (Å²) in [5.74, 6) is -0.673. The summed E-state index contributed by atoms with van der Waals surface area (Å²) in [5, 5.41) is 11.1. The lowest BCUT2D eigenvalue weighted by Gasteiger charge is -2.37. The fourth-order valence-corrected chi connectivity index (χ4v) is 4.39.